The second-order valence-electron chi connectivity index (χ2n) is 4.49. The summed E-state index contributed by atoms with van der Waals surface area (Å²) in [6, 6.07) is 10.6. The van der Waals surface area contributed by atoms with Crippen LogP contribution in [0.3, 0.4) is 0 Å². The van der Waals surface area contributed by atoms with Crippen LogP contribution >= 0.6 is 0 Å². The van der Waals surface area contributed by atoms with Crippen LogP contribution in [-0.2, 0) is 17.7 Å². The van der Waals surface area contributed by atoms with Crippen molar-refractivity contribution in [3.8, 4) is 0 Å². The minimum Gasteiger partial charge on any atom is -0.371 e. The summed E-state index contributed by atoms with van der Waals surface area (Å²) in [7, 11) is 0. The minimum absolute atomic E-state index is 0.138. The van der Waals surface area contributed by atoms with Crippen LogP contribution < -0.4 is 0 Å². The fourth-order valence-corrected chi connectivity index (χ4v) is 2.36. The van der Waals surface area contributed by atoms with Crippen molar-refractivity contribution in [3.63, 3.8) is 0 Å². The molecule has 1 aliphatic rings. The molecule has 0 saturated heterocycles. The SMILES string of the molecule is Cc1ccn(CC2OCCc3ccccc32)n1. The van der Waals surface area contributed by atoms with Crippen LogP contribution in [0.4, 0.5) is 0 Å². The third-order valence-corrected chi connectivity index (χ3v) is 3.22. The molecule has 0 spiro atoms. The highest BCUT2D eigenvalue weighted by atomic mass is 16.5. The quantitative estimate of drug-likeness (QED) is 0.789. The maximum Gasteiger partial charge on any atom is 0.102 e. The number of hydrogen-bond acceptors (Lipinski definition) is 2. The van der Waals surface area contributed by atoms with Crippen LogP contribution in [-0.4, -0.2) is 16.4 Å². The molecule has 3 rings (SSSR count). The smallest absolute Gasteiger partial charge is 0.102 e. The first-order chi connectivity index (χ1) is 8.33. The van der Waals surface area contributed by atoms with Crippen molar-refractivity contribution < 1.29 is 4.74 Å². The number of rotatable bonds is 2. The Bertz CT molecular complexity index is 518. The molecule has 1 atom stereocenters. The molecule has 1 aromatic carbocycles. The zero-order valence-electron chi connectivity index (χ0n) is 9.97. The van der Waals surface area contributed by atoms with Crippen LogP contribution in [0, 0.1) is 6.92 Å². The topological polar surface area (TPSA) is 27.1 Å². The number of aryl methyl sites for hydroxylation is 1. The minimum atomic E-state index is 0.138. The lowest BCUT2D eigenvalue weighted by atomic mass is 9.98. The van der Waals surface area contributed by atoms with E-state index >= 15 is 0 Å². The van der Waals surface area contributed by atoms with E-state index in [0.717, 1.165) is 25.3 Å². The van der Waals surface area contributed by atoms with Crippen molar-refractivity contribution in [3.05, 3.63) is 53.3 Å². The van der Waals surface area contributed by atoms with E-state index < -0.39 is 0 Å². The first-order valence-electron chi connectivity index (χ1n) is 6.02. The summed E-state index contributed by atoms with van der Waals surface area (Å²) in [6.45, 7) is 3.61. The third-order valence-electron chi connectivity index (χ3n) is 3.22. The highest BCUT2D eigenvalue weighted by Crippen LogP contribution is 2.27. The normalized spacial score (nSPS) is 19.0. The Hall–Kier alpha value is -1.61. The van der Waals surface area contributed by atoms with E-state index in [1.807, 2.05) is 23.9 Å². The van der Waals surface area contributed by atoms with E-state index in [0.29, 0.717) is 0 Å². The van der Waals surface area contributed by atoms with Crippen molar-refractivity contribution in [2.45, 2.75) is 26.0 Å². The lowest BCUT2D eigenvalue weighted by Crippen LogP contribution is -2.20. The van der Waals surface area contributed by atoms with Crippen LogP contribution in [0.5, 0.6) is 0 Å². The fourth-order valence-electron chi connectivity index (χ4n) is 2.36. The Labute approximate surface area is 101 Å². The van der Waals surface area contributed by atoms with Gasteiger partial charge in [-0.2, -0.15) is 5.10 Å². The van der Waals surface area contributed by atoms with Gasteiger partial charge < -0.3 is 4.74 Å². The summed E-state index contributed by atoms with van der Waals surface area (Å²) >= 11 is 0. The summed E-state index contributed by atoms with van der Waals surface area (Å²) in [4.78, 5) is 0. The standard InChI is InChI=1S/C14H16N2O/c1-11-6-8-16(15-11)10-14-13-5-3-2-4-12(13)7-9-17-14/h2-6,8,14H,7,9-10H2,1H3. The molecule has 0 saturated carbocycles. The summed E-state index contributed by atoms with van der Waals surface area (Å²) < 4.78 is 7.82. The van der Waals surface area contributed by atoms with Gasteiger partial charge in [0.15, 0.2) is 0 Å². The predicted molar refractivity (Wildman–Crippen MR) is 65.8 cm³/mol. The van der Waals surface area contributed by atoms with E-state index in [9.17, 15) is 0 Å². The van der Waals surface area contributed by atoms with Gasteiger partial charge in [-0.15, -0.1) is 0 Å². The van der Waals surface area contributed by atoms with E-state index in [4.69, 9.17) is 4.74 Å². The van der Waals surface area contributed by atoms with Gasteiger partial charge in [0.2, 0.25) is 0 Å². The molecule has 1 aromatic heterocycles. The number of benzene rings is 1. The fraction of sp³-hybridized carbons (Fsp3) is 0.357. The van der Waals surface area contributed by atoms with Crippen LogP contribution in [0.1, 0.15) is 22.9 Å². The lowest BCUT2D eigenvalue weighted by molar-refractivity contribution is 0.0282. The largest absolute Gasteiger partial charge is 0.371 e. The van der Waals surface area contributed by atoms with Gasteiger partial charge in [-0.25, -0.2) is 0 Å². The first-order valence-corrected chi connectivity index (χ1v) is 6.02. The zero-order chi connectivity index (χ0) is 11.7. The first kappa shape index (κ1) is 10.5. The third kappa shape index (κ3) is 2.11. The second kappa shape index (κ2) is 4.34. The molecule has 0 N–H and O–H groups in total. The summed E-state index contributed by atoms with van der Waals surface area (Å²) in [5.41, 5.74) is 3.77. The van der Waals surface area contributed by atoms with Gasteiger partial charge in [0.1, 0.15) is 6.10 Å². The number of ether oxygens (including phenoxy) is 1. The molecule has 0 radical (unpaired) electrons. The molecule has 2 heterocycles. The highest BCUT2D eigenvalue weighted by molar-refractivity contribution is 5.30. The van der Waals surface area contributed by atoms with E-state index in [1.54, 1.807) is 0 Å². The molecule has 0 bridgehead atoms. The van der Waals surface area contributed by atoms with Crippen LogP contribution in [0.15, 0.2) is 36.5 Å². The van der Waals surface area contributed by atoms with Crippen molar-refractivity contribution in [1.29, 1.82) is 0 Å². The number of fused-ring (bicyclic) bond motifs is 1. The molecule has 88 valence electrons. The molecule has 17 heavy (non-hydrogen) atoms. The second-order valence-corrected chi connectivity index (χ2v) is 4.49. The Kier molecular flexibility index (Phi) is 2.69. The van der Waals surface area contributed by atoms with Crippen molar-refractivity contribution in [2.24, 2.45) is 0 Å². The van der Waals surface area contributed by atoms with Crippen LogP contribution in [0.2, 0.25) is 0 Å². The average Bonchev–Trinajstić information content (AvgIpc) is 2.75. The summed E-state index contributed by atoms with van der Waals surface area (Å²) in [5.74, 6) is 0. The van der Waals surface area contributed by atoms with E-state index in [2.05, 4.69) is 29.4 Å². The molecule has 3 heteroatoms. The molecule has 0 aliphatic carbocycles. The van der Waals surface area contributed by atoms with Crippen molar-refractivity contribution in [1.82, 2.24) is 9.78 Å². The number of nitrogens with zero attached hydrogens (tertiary/aromatic N) is 2. The molecular weight excluding hydrogens is 212 g/mol. The van der Waals surface area contributed by atoms with Gasteiger partial charge in [0.05, 0.1) is 18.8 Å². The Morgan fingerprint density at radius 3 is 3.06 bits per heavy atom. The molecule has 0 amide bonds. The van der Waals surface area contributed by atoms with E-state index in [-0.39, 0.29) is 6.10 Å². The van der Waals surface area contributed by atoms with Gasteiger partial charge in [0.25, 0.3) is 0 Å². The molecular formula is C14H16N2O. The molecule has 1 unspecified atom stereocenters. The summed E-state index contributed by atoms with van der Waals surface area (Å²) in [5, 5.41) is 4.41. The maximum absolute atomic E-state index is 5.86. The maximum atomic E-state index is 5.86. The Morgan fingerprint density at radius 1 is 1.35 bits per heavy atom. The predicted octanol–water partition coefficient (Wildman–Crippen LogP) is 2.51. The van der Waals surface area contributed by atoms with Crippen molar-refractivity contribution >= 4 is 0 Å². The monoisotopic (exact) mass is 228 g/mol. The van der Waals surface area contributed by atoms with Gasteiger partial charge in [-0.05, 0) is 30.5 Å². The number of hydrogen-bond donors (Lipinski definition) is 0. The molecule has 3 nitrogen and oxygen atoms in total. The Morgan fingerprint density at radius 2 is 2.24 bits per heavy atom. The number of aromatic nitrogens is 2. The summed E-state index contributed by atoms with van der Waals surface area (Å²) in [6.07, 6.45) is 3.17. The van der Waals surface area contributed by atoms with Gasteiger partial charge in [-0.3, -0.25) is 4.68 Å². The van der Waals surface area contributed by atoms with Gasteiger partial charge in [0, 0.05) is 6.20 Å². The average molecular weight is 228 g/mol. The van der Waals surface area contributed by atoms with E-state index in [1.165, 1.54) is 11.1 Å². The molecule has 1 aliphatic heterocycles. The molecule has 0 fully saturated rings. The highest BCUT2D eigenvalue weighted by Gasteiger charge is 2.20. The van der Waals surface area contributed by atoms with Crippen molar-refractivity contribution in [2.75, 3.05) is 6.61 Å². The van der Waals surface area contributed by atoms with Gasteiger partial charge in [-0.1, -0.05) is 24.3 Å². The zero-order valence-corrected chi connectivity index (χ0v) is 9.97. The Balaban J connectivity index is 1.85. The molecule has 2 aromatic rings. The lowest BCUT2D eigenvalue weighted by Gasteiger charge is -2.25. The van der Waals surface area contributed by atoms with Gasteiger partial charge >= 0.3 is 0 Å². The van der Waals surface area contributed by atoms with Crippen LogP contribution in [0.25, 0.3) is 0 Å².